The maximum absolute atomic E-state index is 2.35. The van der Waals surface area contributed by atoms with Gasteiger partial charge in [-0.1, -0.05) is 89.4 Å². The molecule has 1 fully saturated rings. The molecular weight excluding hydrogens is 1230 g/mol. The minimum absolute atomic E-state index is 0.414. The van der Waals surface area contributed by atoms with Gasteiger partial charge in [-0.2, -0.15) is 0 Å². The fourth-order valence-corrected chi connectivity index (χ4v) is 32.3. The molecule has 13 rings (SSSR count). The highest BCUT2D eigenvalue weighted by atomic mass is 32.2. The highest BCUT2D eigenvalue weighted by molar-refractivity contribution is 8.07. The fraction of sp³-hybridized carbons (Fsp3) is 0.516. The van der Waals surface area contributed by atoms with Gasteiger partial charge in [-0.3, -0.25) is 0 Å². The number of thioether (sulfide) groups is 10. The normalized spacial score (nSPS) is 21.0. The molecule has 2 aromatic carbocycles. The highest BCUT2D eigenvalue weighted by Gasteiger charge is 2.34. The van der Waals surface area contributed by atoms with Crippen LogP contribution in [0, 0.1) is 80.6 Å². The number of aryl methyl sites for hydroxylation is 10. The van der Waals surface area contributed by atoms with Crippen LogP contribution in [-0.2, 0) is 0 Å². The molecular formula is C62H78S15. The molecule has 1 saturated carbocycles. The third kappa shape index (κ3) is 15.2. The van der Waals surface area contributed by atoms with Crippen LogP contribution >= 0.6 is 174 Å². The van der Waals surface area contributed by atoms with Crippen molar-refractivity contribution < 1.29 is 0 Å². The number of benzene rings is 2. The van der Waals surface area contributed by atoms with Crippen LogP contribution in [0.1, 0.15) is 126 Å². The molecule has 0 radical (unpaired) electrons. The van der Waals surface area contributed by atoms with E-state index in [-0.39, 0.29) is 0 Å². The third-order valence-electron chi connectivity index (χ3n) is 14.6. The summed E-state index contributed by atoms with van der Waals surface area (Å²) in [4.78, 5) is 30.8. The lowest BCUT2D eigenvalue weighted by atomic mass is 9.87. The summed E-state index contributed by atoms with van der Waals surface area (Å²) in [6.07, 6.45) is 8.74. The summed E-state index contributed by atoms with van der Waals surface area (Å²) >= 11 is 30.6. The molecule has 0 spiro atoms. The predicted molar refractivity (Wildman–Crippen MR) is 371 cm³/mol. The van der Waals surface area contributed by atoms with E-state index in [1.165, 1.54) is 143 Å². The molecule has 4 unspecified atom stereocenters. The van der Waals surface area contributed by atoms with Crippen molar-refractivity contribution in [1.82, 2.24) is 0 Å². The van der Waals surface area contributed by atoms with E-state index in [4.69, 9.17) is 0 Å². The summed E-state index contributed by atoms with van der Waals surface area (Å²) in [5.41, 5.74) is 1.90. The van der Waals surface area contributed by atoms with Crippen molar-refractivity contribution >= 4 is 185 Å². The number of rotatable bonds is 2. The third-order valence-corrected chi connectivity index (χ3v) is 36.7. The Morgan fingerprint density at radius 3 is 1.36 bits per heavy atom. The van der Waals surface area contributed by atoms with Crippen LogP contribution in [-0.4, -0.2) is 50.3 Å². The van der Waals surface area contributed by atoms with Crippen molar-refractivity contribution in [2.75, 3.05) is 34.5 Å². The molecule has 10 heterocycles. The van der Waals surface area contributed by atoms with E-state index >= 15 is 0 Å². The van der Waals surface area contributed by atoms with Crippen molar-refractivity contribution in [2.24, 2.45) is 11.3 Å². The van der Waals surface area contributed by atoms with Gasteiger partial charge in [-0.25, -0.2) is 0 Å². The van der Waals surface area contributed by atoms with Gasteiger partial charge in [0, 0.05) is 142 Å². The van der Waals surface area contributed by atoms with Crippen molar-refractivity contribution in [3.63, 3.8) is 0 Å². The van der Waals surface area contributed by atoms with E-state index in [0.29, 0.717) is 10.7 Å². The summed E-state index contributed by atoms with van der Waals surface area (Å²) < 4.78 is 0. The van der Waals surface area contributed by atoms with Gasteiger partial charge in [0.2, 0.25) is 0 Å². The molecule has 77 heavy (non-hydrogen) atoms. The van der Waals surface area contributed by atoms with E-state index in [9.17, 15) is 0 Å². The van der Waals surface area contributed by atoms with Crippen molar-refractivity contribution in [3.8, 4) is 0 Å². The van der Waals surface area contributed by atoms with Crippen LogP contribution in [0.3, 0.4) is 0 Å². The lowest BCUT2D eigenvalue weighted by Gasteiger charge is -2.33. The SMILES string of the molecule is Cc1sc(C)c2c1SCC(C(C)(C)C)S2.Cc1sc(C)c2c1SCC(C)S2.Cc1sc(C)c2c1SCC(C1CCCCC1)S2.Cc1sc(C)c2c1SCC(c1cccc3ccccc13)S2.Cc1sc(C)c2c1SCCCS2. The number of thiophene rings is 5. The lowest BCUT2D eigenvalue weighted by Crippen LogP contribution is -2.27. The van der Waals surface area contributed by atoms with E-state index in [1.54, 1.807) is 44.0 Å². The molecule has 4 atom stereocenters. The summed E-state index contributed by atoms with van der Waals surface area (Å²) in [5.74, 6) is 8.65. The minimum atomic E-state index is 0.414. The molecule has 0 bridgehead atoms. The maximum Gasteiger partial charge on any atom is 0.0445 e. The molecule has 6 aliphatic rings. The maximum atomic E-state index is 2.35. The number of hydrogen-bond donors (Lipinski definition) is 0. The van der Waals surface area contributed by atoms with Gasteiger partial charge in [-0.15, -0.1) is 174 Å². The first-order valence-electron chi connectivity index (χ1n) is 27.3. The van der Waals surface area contributed by atoms with Crippen molar-refractivity contribution in [3.05, 3.63) is 96.8 Å². The van der Waals surface area contributed by atoms with E-state index in [0.717, 1.165) is 21.7 Å². The van der Waals surface area contributed by atoms with Crippen molar-refractivity contribution in [1.29, 1.82) is 0 Å². The first-order chi connectivity index (χ1) is 36.9. The molecule has 1 aliphatic carbocycles. The molecule has 416 valence electrons. The van der Waals surface area contributed by atoms with Crippen LogP contribution < -0.4 is 0 Å². The van der Waals surface area contributed by atoms with E-state index < -0.39 is 0 Å². The van der Waals surface area contributed by atoms with Gasteiger partial charge in [0.25, 0.3) is 0 Å². The average molecular weight is 1300 g/mol. The quantitative estimate of drug-likeness (QED) is 0.163. The summed E-state index contributed by atoms with van der Waals surface area (Å²) in [5, 5.41) is 5.75. The van der Waals surface area contributed by atoms with E-state index in [1.807, 2.05) is 115 Å². The monoisotopic (exact) mass is 1300 g/mol. The second kappa shape index (κ2) is 28.3. The molecule has 0 nitrogen and oxygen atoms in total. The zero-order valence-corrected chi connectivity index (χ0v) is 59.8. The van der Waals surface area contributed by atoms with Gasteiger partial charge < -0.3 is 0 Å². The highest BCUT2D eigenvalue weighted by Crippen LogP contribution is 2.56. The minimum Gasteiger partial charge on any atom is -0.144 e. The zero-order valence-electron chi connectivity index (χ0n) is 47.5. The summed E-state index contributed by atoms with van der Waals surface area (Å²) in [6.45, 7) is 31.9. The van der Waals surface area contributed by atoms with Gasteiger partial charge in [0.1, 0.15) is 0 Å². The van der Waals surface area contributed by atoms with Gasteiger partial charge in [0.15, 0.2) is 0 Å². The Kier molecular flexibility index (Phi) is 22.8. The molecule has 5 aliphatic heterocycles. The second-order valence-electron chi connectivity index (χ2n) is 21.8. The Balaban J connectivity index is 0.000000119. The Labute approximate surface area is 526 Å². The van der Waals surface area contributed by atoms with Crippen LogP contribution in [0.4, 0.5) is 0 Å². The Morgan fingerprint density at radius 1 is 0.390 bits per heavy atom. The summed E-state index contributed by atoms with van der Waals surface area (Å²) in [7, 11) is 0. The van der Waals surface area contributed by atoms with Crippen LogP contribution in [0.5, 0.6) is 0 Å². The van der Waals surface area contributed by atoms with Gasteiger partial charge in [0.05, 0.1) is 0 Å². The first-order valence-corrected chi connectivity index (χ1v) is 40.8. The molecule has 0 amide bonds. The molecule has 0 saturated heterocycles. The van der Waals surface area contributed by atoms with E-state index in [2.05, 4.69) is 198 Å². The van der Waals surface area contributed by atoms with Gasteiger partial charge in [-0.05, 0) is 128 Å². The zero-order chi connectivity index (χ0) is 54.7. The van der Waals surface area contributed by atoms with Crippen molar-refractivity contribution in [2.45, 2.75) is 205 Å². The average Bonchev–Trinajstić information content (AvgIpc) is 4.11. The standard InChI is InChI=1S/C18H16S3.C14H20S3.C12H18S3.2C9H12S3/c1-11-17-18(12(2)20-11)21-16(10-19-17)15-9-5-7-13-6-3-4-8-14(13)15;1-9-13-14(10(2)16-9)17-12(8-15-13)11-6-4-3-5-7-11;1-7-10-11(8(2)14-7)15-9(6-13-10)12(3,4)5;1-5-4-10-8-6(2)12-7(3)9(8)11-5;1-6-8-9(7(2)12-6)11-5-3-4-10-8/h3-9,16H,10H2,1-2H3;11-12H,3-8H2,1-2H3;9H,6H2,1-5H3;5H,4H2,1-3H3;3-5H2,1-2H3. The summed E-state index contributed by atoms with van der Waals surface area (Å²) in [6, 6.07) is 15.5. The number of fused-ring (bicyclic) bond motifs is 6. The molecule has 0 N–H and O–H groups in total. The molecule has 15 heteroatoms. The Hall–Kier alpha value is 0.700. The second-order valence-corrected chi connectivity index (χ2v) is 40.4. The Bertz CT molecular complexity index is 3060. The number of hydrogen-bond acceptors (Lipinski definition) is 15. The van der Waals surface area contributed by atoms with Crippen LogP contribution in [0.25, 0.3) is 10.8 Å². The van der Waals surface area contributed by atoms with Crippen LogP contribution in [0.2, 0.25) is 0 Å². The van der Waals surface area contributed by atoms with Gasteiger partial charge >= 0.3 is 0 Å². The van der Waals surface area contributed by atoms with Crippen LogP contribution in [0.15, 0.2) is 91.4 Å². The first kappa shape index (κ1) is 62.2. The smallest absolute Gasteiger partial charge is 0.0445 e. The Morgan fingerprint density at radius 2 is 0.818 bits per heavy atom. The fourth-order valence-electron chi connectivity index (χ4n) is 10.5. The molecule has 5 aromatic heterocycles. The largest absolute Gasteiger partial charge is 0.144 e. The topological polar surface area (TPSA) is 0 Å². The predicted octanol–water partition coefficient (Wildman–Crippen LogP) is 24.9. The lowest BCUT2D eigenvalue weighted by molar-refractivity contribution is 0.358. The molecule has 7 aromatic rings.